The summed E-state index contributed by atoms with van der Waals surface area (Å²) < 4.78 is 1.79. The summed E-state index contributed by atoms with van der Waals surface area (Å²) in [4.78, 5) is 15.3. The lowest BCUT2D eigenvalue weighted by Gasteiger charge is -2.18. The van der Waals surface area contributed by atoms with E-state index in [-0.39, 0.29) is 17.7 Å². The Morgan fingerprint density at radius 1 is 1.18 bits per heavy atom. The van der Waals surface area contributed by atoms with Gasteiger partial charge >= 0.3 is 0 Å². The van der Waals surface area contributed by atoms with E-state index in [0.29, 0.717) is 13.1 Å². The van der Waals surface area contributed by atoms with Crippen molar-refractivity contribution in [3.05, 3.63) is 78.1 Å². The normalized spacial score (nSPS) is 18.9. The van der Waals surface area contributed by atoms with E-state index < -0.39 is 0 Å². The van der Waals surface area contributed by atoms with Gasteiger partial charge in [-0.05, 0) is 29.3 Å². The smallest absolute Gasteiger partial charge is 0.225 e. The molecule has 2 heterocycles. The van der Waals surface area contributed by atoms with Crippen LogP contribution in [0.5, 0.6) is 0 Å². The van der Waals surface area contributed by atoms with Crippen LogP contribution in [-0.2, 0) is 18.4 Å². The van der Waals surface area contributed by atoms with Crippen LogP contribution >= 0.6 is 11.8 Å². The van der Waals surface area contributed by atoms with Gasteiger partial charge in [-0.1, -0.05) is 48.2 Å². The van der Waals surface area contributed by atoms with Crippen LogP contribution in [0.3, 0.4) is 0 Å². The van der Waals surface area contributed by atoms with E-state index in [2.05, 4.69) is 40.0 Å². The lowest BCUT2D eigenvalue weighted by molar-refractivity contribution is -0.125. The predicted octanol–water partition coefficient (Wildman–Crippen LogP) is 3.19. The molecule has 1 aliphatic rings. The molecular weight excluding hydrogens is 368 g/mol. The zero-order valence-corrected chi connectivity index (χ0v) is 16.7. The van der Waals surface area contributed by atoms with Gasteiger partial charge in [0.05, 0.1) is 12.1 Å². The Labute approximate surface area is 169 Å². The van der Waals surface area contributed by atoms with E-state index >= 15 is 0 Å². The fourth-order valence-corrected chi connectivity index (χ4v) is 4.58. The number of aryl methyl sites for hydroxylation is 1. The standard InChI is InChI=1S/C22H24N4OS/c1-26-15-17(12-25-26)19-13-23-14-20(19)22(27)24-11-16-7-5-6-10-21(16)28-18-8-3-2-4-9-18/h2-10,12,15,19-20,23H,11,13-14H2,1H3,(H,24,27)/t19-,20+/m1/s1. The summed E-state index contributed by atoms with van der Waals surface area (Å²) in [5.74, 6) is 0.194. The Kier molecular flexibility index (Phi) is 5.78. The highest BCUT2D eigenvalue weighted by Gasteiger charge is 2.34. The van der Waals surface area contributed by atoms with Gasteiger partial charge < -0.3 is 10.6 Å². The number of hydrogen-bond donors (Lipinski definition) is 2. The summed E-state index contributed by atoms with van der Waals surface area (Å²) in [6.07, 6.45) is 3.87. The van der Waals surface area contributed by atoms with Gasteiger partial charge in [0.15, 0.2) is 0 Å². The third-order valence-electron chi connectivity index (χ3n) is 5.10. The molecule has 2 aromatic carbocycles. The quantitative estimate of drug-likeness (QED) is 0.676. The maximum Gasteiger partial charge on any atom is 0.225 e. The van der Waals surface area contributed by atoms with Crippen LogP contribution in [0.15, 0.2) is 76.8 Å². The first kappa shape index (κ1) is 18.8. The van der Waals surface area contributed by atoms with Crippen molar-refractivity contribution in [2.24, 2.45) is 13.0 Å². The van der Waals surface area contributed by atoms with E-state index in [4.69, 9.17) is 0 Å². The monoisotopic (exact) mass is 392 g/mol. The van der Waals surface area contributed by atoms with Crippen molar-refractivity contribution in [1.29, 1.82) is 0 Å². The van der Waals surface area contributed by atoms with Crippen LogP contribution in [0, 0.1) is 5.92 Å². The molecular formula is C22H24N4OS. The van der Waals surface area contributed by atoms with Crippen molar-refractivity contribution in [3.63, 3.8) is 0 Å². The first-order chi connectivity index (χ1) is 13.7. The average molecular weight is 393 g/mol. The molecule has 0 bridgehead atoms. The number of aromatic nitrogens is 2. The summed E-state index contributed by atoms with van der Waals surface area (Å²) in [6, 6.07) is 18.5. The predicted molar refractivity (Wildman–Crippen MR) is 111 cm³/mol. The summed E-state index contributed by atoms with van der Waals surface area (Å²) in [6.45, 7) is 2.04. The number of hydrogen-bond acceptors (Lipinski definition) is 4. The summed E-state index contributed by atoms with van der Waals surface area (Å²) in [5.41, 5.74) is 2.25. The molecule has 0 aliphatic carbocycles. The molecule has 1 fully saturated rings. The number of nitrogens with zero attached hydrogens (tertiary/aromatic N) is 2. The molecule has 0 radical (unpaired) electrons. The van der Waals surface area contributed by atoms with Gasteiger partial charge in [-0.3, -0.25) is 9.48 Å². The van der Waals surface area contributed by atoms with Gasteiger partial charge in [0, 0.05) is 48.6 Å². The second-order valence-corrected chi connectivity index (χ2v) is 8.17. The number of benzene rings is 2. The van der Waals surface area contributed by atoms with E-state index in [1.165, 1.54) is 9.79 Å². The Bertz CT molecular complexity index is 940. The Morgan fingerprint density at radius 2 is 1.96 bits per heavy atom. The highest BCUT2D eigenvalue weighted by atomic mass is 32.2. The molecule has 2 atom stereocenters. The maximum atomic E-state index is 12.9. The molecule has 1 amide bonds. The molecule has 0 spiro atoms. The summed E-state index contributed by atoms with van der Waals surface area (Å²) in [5, 5.41) is 10.8. The SMILES string of the molecule is Cn1cc([C@H]2CNC[C@@H]2C(=O)NCc2ccccc2Sc2ccccc2)cn1. The maximum absolute atomic E-state index is 12.9. The first-order valence-electron chi connectivity index (χ1n) is 9.48. The molecule has 5 nitrogen and oxygen atoms in total. The van der Waals surface area contributed by atoms with Crippen molar-refractivity contribution in [1.82, 2.24) is 20.4 Å². The molecule has 0 unspecified atom stereocenters. The van der Waals surface area contributed by atoms with Gasteiger partial charge in [0.1, 0.15) is 0 Å². The number of carbonyl (C=O) groups is 1. The van der Waals surface area contributed by atoms with Gasteiger partial charge in [-0.2, -0.15) is 5.10 Å². The Balaban J connectivity index is 1.42. The molecule has 1 saturated heterocycles. The van der Waals surface area contributed by atoms with Crippen LogP contribution < -0.4 is 10.6 Å². The van der Waals surface area contributed by atoms with Crippen molar-refractivity contribution < 1.29 is 4.79 Å². The van der Waals surface area contributed by atoms with Crippen LogP contribution in [0.1, 0.15) is 17.0 Å². The zero-order chi connectivity index (χ0) is 19.3. The van der Waals surface area contributed by atoms with Crippen molar-refractivity contribution in [3.8, 4) is 0 Å². The summed E-state index contributed by atoms with van der Waals surface area (Å²) >= 11 is 1.72. The largest absolute Gasteiger partial charge is 0.352 e. The fourth-order valence-electron chi connectivity index (χ4n) is 3.61. The first-order valence-corrected chi connectivity index (χ1v) is 10.3. The molecule has 144 valence electrons. The third kappa shape index (κ3) is 4.29. The number of nitrogens with one attached hydrogen (secondary N) is 2. The number of amides is 1. The fraction of sp³-hybridized carbons (Fsp3) is 0.273. The Morgan fingerprint density at radius 3 is 2.75 bits per heavy atom. The lowest BCUT2D eigenvalue weighted by Crippen LogP contribution is -2.34. The van der Waals surface area contributed by atoms with E-state index in [1.807, 2.05) is 49.8 Å². The van der Waals surface area contributed by atoms with Crippen LogP contribution in [0.2, 0.25) is 0 Å². The average Bonchev–Trinajstić information content (AvgIpc) is 3.37. The molecule has 4 rings (SSSR count). The van der Waals surface area contributed by atoms with Crippen LogP contribution in [-0.4, -0.2) is 28.8 Å². The van der Waals surface area contributed by atoms with Crippen molar-refractivity contribution >= 4 is 17.7 Å². The summed E-state index contributed by atoms with van der Waals surface area (Å²) in [7, 11) is 1.91. The molecule has 1 aliphatic heterocycles. The van der Waals surface area contributed by atoms with Gasteiger partial charge in [-0.15, -0.1) is 0 Å². The molecule has 1 aromatic heterocycles. The van der Waals surface area contributed by atoms with E-state index in [1.54, 1.807) is 16.4 Å². The van der Waals surface area contributed by atoms with Crippen molar-refractivity contribution in [2.75, 3.05) is 13.1 Å². The van der Waals surface area contributed by atoms with Crippen molar-refractivity contribution in [2.45, 2.75) is 22.3 Å². The minimum atomic E-state index is -0.0712. The molecule has 28 heavy (non-hydrogen) atoms. The molecule has 2 N–H and O–H groups in total. The van der Waals surface area contributed by atoms with Gasteiger partial charge in [0.2, 0.25) is 5.91 Å². The second-order valence-electron chi connectivity index (χ2n) is 7.06. The van der Waals surface area contributed by atoms with Gasteiger partial charge in [-0.25, -0.2) is 0 Å². The zero-order valence-electron chi connectivity index (χ0n) is 15.8. The molecule has 0 saturated carbocycles. The Hall–Kier alpha value is -2.57. The number of carbonyl (C=O) groups excluding carboxylic acids is 1. The second kappa shape index (κ2) is 8.63. The highest BCUT2D eigenvalue weighted by Crippen LogP contribution is 2.31. The van der Waals surface area contributed by atoms with E-state index in [0.717, 1.165) is 17.7 Å². The molecule has 3 aromatic rings. The minimum absolute atomic E-state index is 0.0712. The molecule has 6 heteroatoms. The number of rotatable bonds is 6. The van der Waals surface area contributed by atoms with Crippen LogP contribution in [0.25, 0.3) is 0 Å². The third-order valence-corrected chi connectivity index (χ3v) is 6.23. The van der Waals surface area contributed by atoms with E-state index in [9.17, 15) is 4.79 Å². The lowest BCUT2D eigenvalue weighted by atomic mass is 9.90. The highest BCUT2D eigenvalue weighted by molar-refractivity contribution is 7.99. The minimum Gasteiger partial charge on any atom is -0.352 e. The van der Waals surface area contributed by atoms with Crippen LogP contribution in [0.4, 0.5) is 0 Å². The topological polar surface area (TPSA) is 59.0 Å². The van der Waals surface area contributed by atoms with Gasteiger partial charge in [0.25, 0.3) is 0 Å².